The van der Waals surface area contributed by atoms with Crippen LogP contribution in [0.2, 0.25) is 0 Å². The monoisotopic (exact) mass is 220 g/mol. The predicted molar refractivity (Wildman–Crippen MR) is 61.4 cm³/mol. The fourth-order valence-corrected chi connectivity index (χ4v) is 2.15. The van der Waals surface area contributed by atoms with Gasteiger partial charge < -0.3 is 16.2 Å². The number of hydrogen-bond donors (Lipinski definition) is 3. The highest BCUT2D eigenvalue weighted by Gasteiger charge is 2.28. The second kappa shape index (κ2) is 4.14. The lowest BCUT2D eigenvalue weighted by atomic mass is 9.86. The van der Waals surface area contributed by atoms with E-state index in [4.69, 9.17) is 10.8 Å². The highest BCUT2D eigenvalue weighted by molar-refractivity contribution is 5.73. The molecular formula is C12H16N2O2. The Hall–Kier alpha value is -1.55. The number of rotatable bonds is 3. The molecule has 16 heavy (non-hydrogen) atoms. The third-order valence-electron chi connectivity index (χ3n) is 3.09. The Labute approximate surface area is 94.5 Å². The molecule has 0 aromatic heterocycles. The van der Waals surface area contributed by atoms with E-state index in [1.165, 1.54) is 5.57 Å². The van der Waals surface area contributed by atoms with Crippen LogP contribution in [0.3, 0.4) is 0 Å². The largest absolute Gasteiger partial charge is 0.480 e. The normalized spacial score (nSPS) is 24.9. The van der Waals surface area contributed by atoms with E-state index < -0.39 is 12.0 Å². The Morgan fingerprint density at radius 1 is 1.69 bits per heavy atom. The highest BCUT2D eigenvalue weighted by Crippen LogP contribution is 2.35. The maximum absolute atomic E-state index is 10.7. The van der Waals surface area contributed by atoms with Gasteiger partial charge in [-0.1, -0.05) is 11.6 Å². The van der Waals surface area contributed by atoms with Crippen molar-refractivity contribution in [2.45, 2.75) is 25.8 Å². The molecule has 2 unspecified atom stereocenters. The maximum Gasteiger partial charge on any atom is 0.320 e. The summed E-state index contributed by atoms with van der Waals surface area (Å²) in [5, 5.41) is 12.0. The molecule has 0 saturated carbocycles. The van der Waals surface area contributed by atoms with Gasteiger partial charge in [-0.3, -0.25) is 4.79 Å². The molecule has 0 fully saturated rings. The zero-order valence-corrected chi connectivity index (χ0v) is 9.23. The maximum atomic E-state index is 10.7. The van der Waals surface area contributed by atoms with Gasteiger partial charge in [-0.15, -0.1) is 0 Å². The number of nitrogens with one attached hydrogen (secondary N) is 1. The van der Waals surface area contributed by atoms with Gasteiger partial charge in [-0.25, -0.2) is 0 Å². The van der Waals surface area contributed by atoms with E-state index in [-0.39, 0.29) is 0 Å². The van der Waals surface area contributed by atoms with Crippen molar-refractivity contribution in [3.05, 3.63) is 35.2 Å². The van der Waals surface area contributed by atoms with Gasteiger partial charge in [0.15, 0.2) is 0 Å². The first-order valence-electron chi connectivity index (χ1n) is 5.39. The zero-order chi connectivity index (χ0) is 11.7. The highest BCUT2D eigenvalue weighted by atomic mass is 16.4. The molecule has 0 radical (unpaired) electrons. The lowest BCUT2D eigenvalue weighted by molar-refractivity contribution is -0.138. The summed E-state index contributed by atoms with van der Waals surface area (Å²) in [6.07, 6.45) is 7.41. The van der Waals surface area contributed by atoms with Crippen LogP contribution in [0.25, 0.3) is 0 Å². The molecule has 2 atom stereocenters. The Bertz CT molecular complexity index is 407. The lowest BCUT2D eigenvalue weighted by Crippen LogP contribution is -2.31. The van der Waals surface area contributed by atoms with E-state index in [1.54, 1.807) is 0 Å². The number of fused-ring (bicyclic) bond motifs is 1. The van der Waals surface area contributed by atoms with Crippen molar-refractivity contribution in [1.82, 2.24) is 5.32 Å². The number of carbonyl (C=O) groups is 1. The van der Waals surface area contributed by atoms with Crippen LogP contribution in [0.15, 0.2) is 35.2 Å². The molecular weight excluding hydrogens is 204 g/mol. The Morgan fingerprint density at radius 3 is 3.12 bits per heavy atom. The second-order valence-electron chi connectivity index (χ2n) is 4.40. The average Bonchev–Trinajstić information content (AvgIpc) is 2.61. The minimum Gasteiger partial charge on any atom is -0.480 e. The van der Waals surface area contributed by atoms with Gasteiger partial charge in [0.2, 0.25) is 0 Å². The second-order valence-corrected chi connectivity index (χ2v) is 4.40. The van der Waals surface area contributed by atoms with Gasteiger partial charge in [-0.05, 0) is 31.4 Å². The quantitative estimate of drug-likeness (QED) is 0.666. The van der Waals surface area contributed by atoms with Crippen LogP contribution >= 0.6 is 0 Å². The Kier molecular flexibility index (Phi) is 2.83. The molecule has 1 aliphatic heterocycles. The number of nitrogens with two attached hydrogens (primary N) is 1. The van der Waals surface area contributed by atoms with Crippen molar-refractivity contribution in [2.24, 2.45) is 11.7 Å². The summed E-state index contributed by atoms with van der Waals surface area (Å²) in [7, 11) is 0. The van der Waals surface area contributed by atoms with Gasteiger partial charge in [0.05, 0.1) is 0 Å². The van der Waals surface area contributed by atoms with Gasteiger partial charge in [-0.2, -0.15) is 0 Å². The van der Waals surface area contributed by atoms with Crippen LogP contribution < -0.4 is 11.1 Å². The van der Waals surface area contributed by atoms with Crippen molar-refractivity contribution in [3.63, 3.8) is 0 Å². The molecule has 0 aromatic carbocycles. The van der Waals surface area contributed by atoms with Gasteiger partial charge in [0, 0.05) is 17.8 Å². The standard InChI is InChI=1S/C12H16N2O2/c1-7-2-3-11-9(4-7)8(6-14-11)5-10(13)12(15)16/h2-3,6,9-10,14H,4-5,13H2,1H3,(H,15,16). The van der Waals surface area contributed by atoms with E-state index in [0.29, 0.717) is 12.3 Å². The first kappa shape index (κ1) is 11.0. The SMILES string of the molecule is CC1=CC=C2NC=C(CC(N)C(=O)O)C2C1. The molecule has 0 aromatic rings. The predicted octanol–water partition coefficient (Wildman–Crippen LogP) is 1.13. The number of aliphatic carboxylic acids is 1. The minimum atomic E-state index is -0.943. The lowest BCUT2D eigenvalue weighted by Gasteiger charge is -2.20. The van der Waals surface area contributed by atoms with Crippen LogP contribution in [-0.4, -0.2) is 17.1 Å². The summed E-state index contributed by atoms with van der Waals surface area (Å²) in [5.41, 5.74) is 9.11. The average molecular weight is 220 g/mol. The molecule has 4 heteroatoms. The first-order valence-corrected chi connectivity index (χ1v) is 5.39. The van der Waals surface area contributed by atoms with Gasteiger partial charge in [0.1, 0.15) is 6.04 Å². The van der Waals surface area contributed by atoms with E-state index in [2.05, 4.69) is 24.4 Å². The van der Waals surface area contributed by atoms with E-state index >= 15 is 0 Å². The summed E-state index contributed by atoms with van der Waals surface area (Å²) in [4.78, 5) is 10.7. The molecule has 1 aliphatic carbocycles. The molecule has 0 saturated heterocycles. The molecule has 86 valence electrons. The molecule has 0 spiro atoms. The van der Waals surface area contributed by atoms with E-state index in [1.807, 2.05) is 6.20 Å². The molecule has 0 bridgehead atoms. The van der Waals surface area contributed by atoms with Gasteiger partial charge >= 0.3 is 5.97 Å². The van der Waals surface area contributed by atoms with Crippen molar-refractivity contribution in [3.8, 4) is 0 Å². The Morgan fingerprint density at radius 2 is 2.44 bits per heavy atom. The molecule has 4 N–H and O–H groups in total. The zero-order valence-electron chi connectivity index (χ0n) is 9.23. The topological polar surface area (TPSA) is 75.3 Å². The van der Waals surface area contributed by atoms with Crippen molar-refractivity contribution in [1.29, 1.82) is 0 Å². The van der Waals surface area contributed by atoms with Crippen LogP contribution in [0, 0.1) is 5.92 Å². The van der Waals surface area contributed by atoms with Crippen molar-refractivity contribution in [2.75, 3.05) is 0 Å². The summed E-state index contributed by atoms with van der Waals surface area (Å²) in [5.74, 6) is -0.642. The third-order valence-corrected chi connectivity index (χ3v) is 3.09. The van der Waals surface area contributed by atoms with Gasteiger partial charge in [0.25, 0.3) is 0 Å². The molecule has 1 heterocycles. The van der Waals surface area contributed by atoms with Crippen LogP contribution in [0.1, 0.15) is 19.8 Å². The minimum absolute atomic E-state index is 0.301. The number of carboxylic acids is 1. The summed E-state index contributed by atoms with van der Waals surface area (Å²) in [6.45, 7) is 2.08. The van der Waals surface area contributed by atoms with Crippen LogP contribution in [-0.2, 0) is 4.79 Å². The summed E-state index contributed by atoms with van der Waals surface area (Å²) < 4.78 is 0. The Balaban J connectivity index is 2.07. The smallest absolute Gasteiger partial charge is 0.320 e. The van der Waals surface area contributed by atoms with E-state index in [0.717, 1.165) is 17.7 Å². The van der Waals surface area contributed by atoms with E-state index in [9.17, 15) is 4.79 Å². The number of allylic oxidation sites excluding steroid dienone is 4. The first-order chi connectivity index (χ1) is 7.58. The van der Waals surface area contributed by atoms with Crippen LogP contribution in [0.4, 0.5) is 0 Å². The summed E-state index contributed by atoms with van der Waals surface area (Å²) >= 11 is 0. The number of hydrogen-bond acceptors (Lipinski definition) is 3. The van der Waals surface area contributed by atoms with Crippen molar-refractivity contribution < 1.29 is 9.90 Å². The molecule has 2 rings (SSSR count). The van der Waals surface area contributed by atoms with Crippen LogP contribution in [0.5, 0.6) is 0 Å². The summed E-state index contributed by atoms with van der Waals surface area (Å²) in [6, 6.07) is -0.807. The molecule has 0 amide bonds. The van der Waals surface area contributed by atoms with Crippen molar-refractivity contribution >= 4 is 5.97 Å². The number of carboxylic acid groups (broad SMARTS) is 1. The fraction of sp³-hybridized carbons (Fsp3) is 0.417. The molecule has 2 aliphatic rings. The molecule has 4 nitrogen and oxygen atoms in total. The third kappa shape index (κ3) is 2.02. The fourth-order valence-electron chi connectivity index (χ4n) is 2.15.